The van der Waals surface area contributed by atoms with Crippen molar-refractivity contribution in [1.82, 2.24) is 9.59 Å². The Balaban J connectivity index is 2.54. The minimum atomic E-state index is -0.597. The molecule has 3 N–H and O–H groups in total. The van der Waals surface area contributed by atoms with Crippen molar-refractivity contribution in [2.45, 2.75) is 0 Å². The summed E-state index contributed by atoms with van der Waals surface area (Å²) < 4.78 is 4.69. The molecule has 0 saturated carbocycles. The van der Waals surface area contributed by atoms with Crippen molar-refractivity contribution in [3.63, 3.8) is 0 Å². The molecule has 0 spiro atoms. The van der Waals surface area contributed by atoms with Crippen LogP contribution >= 0.6 is 11.5 Å². The molecule has 1 heterocycles. The number of nitrogens with two attached hydrogens (primary N) is 1. The Morgan fingerprint density at radius 3 is 3.15 bits per heavy atom. The molecule has 5 nitrogen and oxygen atoms in total. The number of rotatable bonds is 1. The summed E-state index contributed by atoms with van der Waals surface area (Å²) in [6, 6.07) is 4.83. The first-order valence-electron chi connectivity index (χ1n) is 3.55. The molecule has 0 unspecified atom stereocenters. The number of aromatic nitrogens is 2. The van der Waals surface area contributed by atoms with Crippen molar-refractivity contribution in [2.24, 2.45) is 5.73 Å². The molecule has 1 aromatic carbocycles. The van der Waals surface area contributed by atoms with E-state index >= 15 is 0 Å². The Morgan fingerprint density at radius 2 is 2.38 bits per heavy atom. The summed E-state index contributed by atoms with van der Waals surface area (Å²) in [6.45, 7) is 0. The van der Waals surface area contributed by atoms with Crippen molar-refractivity contribution in [2.75, 3.05) is 5.32 Å². The average molecular weight is 194 g/mol. The van der Waals surface area contributed by atoms with Gasteiger partial charge in [0.05, 0.1) is 10.4 Å². The largest absolute Gasteiger partial charge is 0.351 e. The summed E-state index contributed by atoms with van der Waals surface area (Å²) in [5, 5.41) is 6.35. The van der Waals surface area contributed by atoms with Gasteiger partial charge in [-0.15, -0.1) is 5.10 Å². The van der Waals surface area contributed by atoms with E-state index in [2.05, 4.69) is 14.9 Å². The number of nitrogens with zero attached hydrogens (tertiary/aromatic N) is 2. The van der Waals surface area contributed by atoms with Gasteiger partial charge in [0.2, 0.25) is 0 Å². The van der Waals surface area contributed by atoms with Crippen LogP contribution < -0.4 is 11.1 Å². The van der Waals surface area contributed by atoms with E-state index in [0.717, 1.165) is 4.70 Å². The lowest BCUT2D eigenvalue weighted by Crippen LogP contribution is -2.19. The molecule has 0 aliphatic carbocycles. The second-order valence-corrected chi connectivity index (χ2v) is 3.20. The van der Waals surface area contributed by atoms with Crippen LogP contribution in [0, 0.1) is 0 Å². The molecule has 0 bridgehead atoms. The zero-order valence-electron chi connectivity index (χ0n) is 6.52. The number of carbonyl (C=O) groups is 1. The normalized spacial score (nSPS) is 10.2. The van der Waals surface area contributed by atoms with Gasteiger partial charge < -0.3 is 11.1 Å². The third kappa shape index (κ3) is 1.43. The van der Waals surface area contributed by atoms with Gasteiger partial charge in [-0.2, -0.15) is 0 Å². The van der Waals surface area contributed by atoms with E-state index in [1.807, 2.05) is 12.1 Å². The minimum absolute atomic E-state index is 0.596. The molecule has 0 radical (unpaired) electrons. The van der Waals surface area contributed by atoms with Crippen LogP contribution in [0.25, 0.3) is 10.2 Å². The zero-order chi connectivity index (χ0) is 9.26. The van der Waals surface area contributed by atoms with Gasteiger partial charge in [-0.1, -0.05) is 10.6 Å². The highest BCUT2D eigenvalue weighted by Gasteiger charge is 2.05. The summed E-state index contributed by atoms with van der Waals surface area (Å²) in [5.41, 5.74) is 6.26. The number of anilines is 1. The van der Waals surface area contributed by atoms with Crippen LogP contribution in [0.3, 0.4) is 0 Å². The second kappa shape index (κ2) is 2.98. The Morgan fingerprint density at radius 1 is 1.54 bits per heavy atom. The van der Waals surface area contributed by atoms with Crippen molar-refractivity contribution < 1.29 is 4.79 Å². The fourth-order valence-corrected chi connectivity index (χ4v) is 1.63. The van der Waals surface area contributed by atoms with Gasteiger partial charge in [0.15, 0.2) is 0 Å². The molecule has 0 atom stereocenters. The molecule has 0 fully saturated rings. The first-order chi connectivity index (χ1) is 6.27. The van der Waals surface area contributed by atoms with E-state index in [0.29, 0.717) is 11.2 Å². The van der Waals surface area contributed by atoms with Gasteiger partial charge in [0.25, 0.3) is 0 Å². The molecule has 0 aliphatic heterocycles. The van der Waals surface area contributed by atoms with Crippen LogP contribution in [0.1, 0.15) is 0 Å². The van der Waals surface area contributed by atoms with Crippen molar-refractivity contribution >= 4 is 33.5 Å². The summed E-state index contributed by atoms with van der Waals surface area (Å²) in [6.07, 6.45) is 0. The Kier molecular flexibility index (Phi) is 1.82. The monoisotopic (exact) mass is 194 g/mol. The summed E-state index contributed by atoms with van der Waals surface area (Å²) in [5.74, 6) is 0. The van der Waals surface area contributed by atoms with E-state index in [9.17, 15) is 4.79 Å². The summed E-state index contributed by atoms with van der Waals surface area (Å²) >= 11 is 1.28. The summed E-state index contributed by atoms with van der Waals surface area (Å²) in [7, 11) is 0. The fraction of sp³-hybridized carbons (Fsp3) is 0. The van der Waals surface area contributed by atoms with Crippen molar-refractivity contribution in [1.29, 1.82) is 0 Å². The first-order valence-corrected chi connectivity index (χ1v) is 4.32. The highest BCUT2D eigenvalue weighted by molar-refractivity contribution is 7.13. The number of hydrogen-bond donors (Lipinski definition) is 2. The maximum absolute atomic E-state index is 10.6. The third-order valence-corrected chi connectivity index (χ3v) is 2.23. The van der Waals surface area contributed by atoms with Gasteiger partial charge >= 0.3 is 6.03 Å². The van der Waals surface area contributed by atoms with E-state index < -0.39 is 6.03 Å². The fourth-order valence-electron chi connectivity index (χ4n) is 1.04. The molecule has 0 saturated heterocycles. The standard InChI is InChI=1S/C7H6N4OS/c8-7(12)9-4-2-1-3-5-6(4)10-11-13-5/h1-3H,(H3,8,9,12). The molecule has 2 amide bonds. The third-order valence-electron chi connectivity index (χ3n) is 1.54. The maximum atomic E-state index is 10.6. The van der Waals surface area contributed by atoms with Crippen molar-refractivity contribution in [3.8, 4) is 0 Å². The zero-order valence-corrected chi connectivity index (χ0v) is 7.34. The lowest BCUT2D eigenvalue weighted by atomic mass is 10.3. The number of carbonyl (C=O) groups excluding carboxylic acids is 1. The van der Waals surface area contributed by atoms with Crippen molar-refractivity contribution in [3.05, 3.63) is 18.2 Å². The molecule has 1 aromatic heterocycles. The second-order valence-electron chi connectivity index (χ2n) is 2.41. The van der Waals surface area contributed by atoms with E-state index in [1.165, 1.54) is 11.5 Å². The van der Waals surface area contributed by atoms with Crippen LogP contribution in [0.4, 0.5) is 10.5 Å². The lowest BCUT2D eigenvalue weighted by molar-refractivity contribution is 0.259. The predicted octanol–water partition coefficient (Wildman–Crippen LogP) is 1.18. The molecule has 2 aromatic rings. The number of benzene rings is 1. The van der Waals surface area contributed by atoms with Crippen LogP contribution in [0.5, 0.6) is 0 Å². The molecule has 2 rings (SSSR count). The van der Waals surface area contributed by atoms with Gasteiger partial charge in [-0.05, 0) is 23.7 Å². The van der Waals surface area contributed by atoms with Gasteiger partial charge in [-0.25, -0.2) is 4.79 Å². The van der Waals surface area contributed by atoms with Gasteiger partial charge in [0, 0.05) is 0 Å². The van der Waals surface area contributed by atoms with E-state index in [4.69, 9.17) is 5.73 Å². The Bertz CT molecular complexity index is 452. The van der Waals surface area contributed by atoms with E-state index in [-0.39, 0.29) is 0 Å². The number of hydrogen-bond acceptors (Lipinski definition) is 4. The molecule has 13 heavy (non-hydrogen) atoms. The Hall–Kier alpha value is -1.69. The highest BCUT2D eigenvalue weighted by Crippen LogP contribution is 2.22. The molecular weight excluding hydrogens is 188 g/mol. The molecule has 6 heteroatoms. The number of primary amides is 1. The van der Waals surface area contributed by atoms with Crippen LogP contribution in [0.2, 0.25) is 0 Å². The average Bonchev–Trinajstić information content (AvgIpc) is 2.51. The highest BCUT2D eigenvalue weighted by atomic mass is 32.1. The topological polar surface area (TPSA) is 80.9 Å². The van der Waals surface area contributed by atoms with Crippen LogP contribution in [-0.4, -0.2) is 15.6 Å². The maximum Gasteiger partial charge on any atom is 0.316 e. The SMILES string of the molecule is NC(=O)Nc1cccc2snnc12. The number of urea groups is 1. The quantitative estimate of drug-likeness (QED) is 0.715. The molecule has 0 aliphatic rings. The smallest absolute Gasteiger partial charge is 0.316 e. The van der Waals surface area contributed by atoms with E-state index in [1.54, 1.807) is 6.07 Å². The number of nitrogens with one attached hydrogen (secondary N) is 1. The Labute approximate surface area is 77.7 Å². The summed E-state index contributed by atoms with van der Waals surface area (Å²) in [4.78, 5) is 10.6. The first kappa shape index (κ1) is 7.93. The minimum Gasteiger partial charge on any atom is -0.351 e. The van der Waals surface area contributed by atoms with Crippen LogP contribution in [0.15, 0.2) is 18.2 Å². The van der Waals surface area contributed by atoms with Crippen LogP contribution in [-0.2, 0) is 0 Å². The number of fused-ring (bicyclic) bond motifs is 1. The lowest BCUT2D eigenvalue weighted by Gasteiger charge is -1.99. The van der Waals surface area contributed by atoms with Gasteiger partial charge in [0.1, 0.15) is 5.52 Å². The number of amides is 2. The predicted molar refractivity (Wildman–Crippen MR) is 50.6 cm³/mol. The molecular formula is C7H6N4OS. The molecule has 66 valence electrons. The van der Waals surface area contributed by atoms with Gasteiger partial charge in [-0.3, -0.25) is 0 Å².